The lowest BCUT2D eigenvalue weighted by atomic mass is 9.93. The van der Waals surface area contributed by atoms with Gasteiger partial charge in [0.25, 0.3) is 11.7 Å². The molecule has 0 bridgehead atoms. The van der Waals surface area contributed by atoms with Gasteiger partial charge in [0.15, 0.2) is 0 Å². The van der Waals surface area contributed by atoms with Crippen molar-refractivity contribution in [1.29, 1.82) is 0 Å². The Bertz CT molecular complexity index is 1270. The average molecular weight is 444 g/mol. The summed E-state index contributed by atoms with van der Waals surface area (Å²) >= 11 is 0. The zero-order chi connectivity index (χ0) is 23.7. The minimum Gasteiger partial charge on any atom is -0.508 e. The highest BCUT2D eigenvalue weighted by Gasteiger charge is 2.46. The van der Waals surface area contributed by atoms with E-state index in [1.54, 1.807) is 42.7 Å². The van der Waals surface area contributed by atoms with Gasteiger partial charge in [0, 0.05) is 18.9 Å². The van der Waals surface area contributed by atoms with Gasteiger partial charge in [0.1, 0.15) is 17.3 Å². The third-order valence-corrected chi connectivity index (χ3v) is 5.71. The maximum Gasteiger partial charge on any atom is 0.295 e. The summed E-state index contributed by atoms with van der Waals surface area (Å²) in [5, 5.41) is 21.5. The van der Waals surface area contributed by atoms with Crippen LogP contribution >= 0.6 is 0 Å². The number of benzene rings is 2. The summed E-state index contributed by atoms with van der Waals surface area (Å²) in [6.45, 7) is 3.85. The first-order valence-corrected chi connectivity index (χ1v) is 10.4. The molecular formula is C26H24N2O5. The van der Waals surface area contributed by atoms with Crippen molar-refractivity contribution >= 4 is 17.4 Å². The number of phenolic OH excluding ortho intramolecular Hbond substituents is 1. The Morgan fingerprint density at radius 1 is 1.09 bits per heavy atom. The molecule has 0 saturated carbocycles. The van der Waals surface area contributed by atoms with E-state index in [9.17, 15) is 19.8 Å². The summed E-state index contributed by atoms with van der Waals surface area (Å²) in [6, 6.07) is 12.6. The lowest BCUT2D eigenvalue weighted by Gasteiger charge is -2.25. The molecule has 1 fully saturated rings. The standard InChI is InChI=1S/C26H24N2O5/c1-15-11-16(2)25(33-3)20(12-15)23(30)21-22(18-5-4-6-19(29)13-18)28(26(32)24(21)31)14-17-7-9-27-10-8-17/h4-13,22,29-30H,14H2,1-3H3/b23-21+. The molecule has 0 radical (unpaired) electrons. The van der Waals surface area contributed by atoms with E-state index in [0.717, 1.165) is 16.7 Å². The highest BCUT2D eigenvalue weighted by Crippen LogP contribution is 2.43. The number of rotatable bonds is 5. The van der Waals surface area contributed by atoms with E-state index in [1.165, 1.54) is 24.1 Å². The molecular weight excluding hydrogens is 420 g/mol. The second kappa shape index (κ2) is 8.78. The largest absolute Gasteiger partial charge is 0.508 e. The quantitative estimate of drug-likeness (QED) is 0.350. The predicted molar refractivity (Wildman–Crippen MR) is 123 cm³/mol. The van der Waals surface area contributed by atoms with Gasteiger partial charge in [-0.1, -0.05) is 18.2 Å². The number of methoxy groups -OCH3 is 1. The number of hydrogen-bond acceptors (Lipinski definition) is 6. The number of ketones is 1. The molecule has 2 N–H and O–H groups in total. The number of aromatic hydroxyl groups is 1. The molecule has 33 heavy (non-hydrogen) atoms. The van der Waals surface area contributed by atoms with E-state index >= 15 is 0 Å². The number of likely N-dealkylation sites (tertiary alicyclic amines) is 1. The Kier molecular flexibility index (Phi) is 5.87. The van der Waals surface area contributed by atoms with Crippen molar-refractivity contribution in [1.82, 2.24) is 9.88 Å². The van der Waals surface area contributed by atoms with Gasteiger partial charge in [0.05, 0.1) is 24.3 Å². The van der Waals surface area contributed by atoms with E-state index in [0.29, 0.717) is 16.9 Å². The molecule has 1 aliphatic rings. The van der Waals surface area contributed by atoms with E-state index in [1.807, 2.05) is 19.9 Å². The Balaban J connectivity index is 1.94. The van der Waals surface area contributed by atoms with E-state index in [4.69, 9.17) is 4.74 Å². The molecule has 4 rings (SSSR count). The van der Waals surface area contributed by atoms with Gasteiger partial charge in [-0.05, 0) is 66.4 Å². The molecule has 7 nitrogen and oxygen atoms in total. The van der Waals surface area contributed by atoms with Gasteiger partial charge in [-0.25, -0.2) is 0 Å². The molecule has 3 aromatic rings. The SMILES string of the molecule is COc1c(C)cc(C)cc1/C(O)=C1\C(=O)C(=O)N(Cc2ccncc2)C1c1cccc(O)c1. The molecule has 1 atom stereocenters. The van der Waals surface area contributed by atoms with Crippen LogP contribution in [0.4, 0.5) is 0 Å². The molecule has 0 aliphatic carbocycles. The molecule has 1 amide bonds. The van der Waals surface area contributed by atoms with Crippen LogP contribution in [0.15, 0.2) is 66.5 Å². The number of carbonyl (C=O) groups is 2. The number of aryl methyl sites for hydroxylation is 2. The third-order valence-electron chi connectivity index (χ3n) is 5.71. The summed E-state index contributed by atoms with van der Waals surface area (Å²) in [4.78, 5) is 31.8. The fourth-order valence-electron chi connectivity index (χ4n) is 4.32. The highest BCUT2D eigenvalue weighted by molar-refractivity contribution is 6.46. The lowest BCUT2D eigenvalue weighted by molar-refractivity contribution is -0.140. The summed E-state index contributed by atoms with van der Waals surface area (Å²) in [5.41, 5.74) is 3.23. The number of carbonyl (C=O) groups excluding carboxylic acids is 2. The fraction of sp³-hybridized carbons (Fsp3) is 0.192. The molecule has 1 aliphatic heterocycles. The number of pyridine rings is 1. The second-order valence-corrected chi connectivity index (χ2v) is 8.04. The van der Waals surface area contributed by atoms with Crippen LogP contribution in [0.1, 0.15) is 33.9 Å². The van der Waals surface area contributed by atoms with Crippen molar-refractivity contribution in [2.75, 3.05) is 7.11 Å². The average Bonchev–Trinajstić information content (AvgIpc) is 3.04. The predicted octanol–water partition coefficient (Wildman–Crippen LogP) is 4.03. The molecule has 0 spiro atoms. The summed E-state index contributed by atoms with van der Waals surface area (Å²) in [6.07, 6.45) is 3.21. The smallest absolute Gasteiger partial charge is 0.295 e. The maximum absolute atomic E-state index is 13.2. The van der Waals surface area contributed by atoms with Crippen LogP contribution < -0.4 is 4.74 Å². The molecule has 1 unspecified atom stereocenters. The number of phenols is 1. The van der Waals surface area contributed by atoms with Gasteiger partial charge in [-0.15, -0.1) is 0 Å². The van der Waals surface area contributed by atoms with Crippen molar-refractivity contribution in [2.24, 2.45) is 0 Å². The molecule has 2 heterocycles. The third kappa shape index (κ3) is 4.05. The Labute approximate surface area is 191 Å². The fourth-order valence-corrected chi connectivity index (χ4v) is 4.32. The van der Waals surface area contributed by atoms with Gasteiger partial charge in [0.2, 0.25) is 0 Å². The first-order chi connectivity index (χ1) is 15.8. The normalized spacial score (nSPS) is 17.4. The topological polar surface area (TPSA) is 100.0 Å². The number of Topliss-reactive ketones (excluding diaryl/α,β-unsaturated/α-hetero) is 1. The summed E-state index contributed by atoms with van der Waals surface area (Å²) < 4.78 is 5.51. The summed E-state index contributed by atoms with van der Waals surface area (Å²) in [5.74, 6) is -1.43. The number of ether oxygens (including phenoxy) is 1. The summed E-state index contributed by atoms with van der Waals surface area (Å²) in [7, 11) is 1.49. The monoisotopic (exact) mass is 444 g/mol. The number of aromatic nitrogens is 1. The minimum absolute atomic E-state index is 0.00835. The van der Waals surface area contributed by atoms with Crippen LogP contribution in [-0.4, -0.2) is 38.9 Å². The van der Waals surface area contributed by atoms with Crippen LogP contribution in [0.3, 0.4) is 0 Å². The molecule has 2 aromatic carbocycles. The van der Waals surface area contributed by atoms with Gasteiger partial charge in [-0.3, -0.25) is 14.6 Å². The Morgan fingerprint density at radius 2 is 1.82 bits per heavy atom. The van der Waals surface area contributed by atoms with Crippen molar-refractivity contribution in [3.8, 4) is 11.5 Å². The zero-order valence-corrected chi connectivity index (χ0v) is 18.6. The molecule has 1 aromatic heterocycles. The number of nitrogens with zero attached hydrogens (tertiary/aromatic N) is 2. The lowest BCUT2D eigenvalue weighted by Crippen LogP contribution is -2.29. The number of hydrogen-bond donors (Lipinski definition) is 2. The molecule has 1 saturated heterocycles. The number of amides is 1. The van der Waals surface area contributed by atoms with Crippen LogP contribution in [0, 0.1) is 13.8 Å². The van der Waals surface area contributed by atoms with Crippen molar-refractivity contribution in [3.63, 3.8) is 0 Å². The van der Waals surface area contributed by atoms with Gasteiger partial charge in [-0.2, -0.15) is 0 Å². The van der Waals surface area contributed by atoms with Crippen LogP contribution in [0.25, 0.3) is 5.76 Å². The van der Waals surface area contributed by atoms with Gasteiger partial charge < -0.3 is 19.8 Å². The number of aliphatic hydroxyl groups is 1. The highest BCUT2D eigenvalue weighted by atomic mass is 16.5. The first kappa shape index (κ1) is 22.1. The molecule has 7 heteroatoms. The molecule has 168 valence electrons. The van der Waals surface area contributed by atoms with Crippen LogP contribution in [0.2, 0.25) is 0 Å². The van der Waals surface area contributed by atoms with E-state index in [-0.39, 0.29) is 23.6 Å². The van der Waals surface area contributed by atoms with Crippen molar-refractivity contribution < 1.29 is 24.5 Å². The van der Waals surface area contributed by atoms with Crippen molar-refractivity contribution in [2.45, 2.75) is 26.4 Å². The maximum atomic E-state index is 13.2. The van der Waals surface area contributed by atoms with E-state index in [2.05, 4.69) is 4.98 Å². The Morgan fingerprint density at radius 3 is 2.48 bits per heavy atom. The zero-order valence-electron chi connectivity index (χ0n) is 18.6. The minimum atomic E-state index is -0.893. The van der Waals surface area contributed by atoms with Crippen LogP contribution in [-0.2, 0) is 16.1 Å². The first-order valence-electron chi connectivity index (χ1n) is 10.4. The van der Waals surface area contributed by atoms with Crippen LogP contribution in [0.5, 0.6) is 11.5 Å². The van der Waals surface area contributed by atoms with Gasteiger partial charge >= 0.3 is 0 Å². The number of aliphatic hydroxyl groups excluding tert-OH is 1. The van der Waals surface area contributed by atoms with E-state index < -0.39 is 17.7 Å². The second-order valence-electron chi connectivity index (χ2n) is 8.04. The van der Waals surface area contributed by atoms with Crippen molar-refractivity contribution in [3.05, 3.63) is 94.3 Å². The Hall–Kier alpha value is -4.13.